The van der Waals surface area contributed by atoms with Gasteiger partial charge in [0.05, 0.1) is 19.9 Å². The van der Waals surface area contributed by atoms with Crippen LogP contribution in [0.3, 0.4) is 0 Å². The zero-order valence-corrected chi connectivity index (χ0v) is 18.1. The van der Waals surface area contributed by atoms with Gasteiger partial charge in [0, 0.05) is 35.2 Å². The third-order valence-corrected chi connectivity index (χ3v) is 5.36. The molecule has 0 aliphatic carbocycles. The molecule has 0 unspecified atom stereocenters. The van der Waals surface area contributed by atoms with Crippen molar-refractivity contribution in [3.63, 3.8) is 0 Å². The highest BCUT2D eigenvalue weighted by Crippen LogP contribution is 2.36. The highest BCUT2D eigenvalue weighted by molar-refractivity contribution is 6.07. The second kappa shape index (κ2) is 8.66. The smallest absolute Gasteiger partial charge is 0.227 e. The molecule has 0 fully saturated rings. The van der Waals surface area contributed by atoms with Crippen LogP contribution in [0.25, 0.3) is 33.3 Å². The lowest BCUT2D eigenvalue weighted by molar-refractivity contribution is -0.116. The van der Waals surface area contributed by atoms with Crippen molar-refractivity contribution in [3.8, 4) is 22.9 Å². The van der Waals surface area contributed by atoms with Gasteiger partial charge in [-0.1, -0.05) is 23.4 Å². The zero-order chi connectivity index (χ0) is 22.8. The number of benzene rings is 3. The number of ether oxygens (including phenoxy) is 2. The number of aromatic nitrogens is 2. The zero-order valence-electron chi connectivity index (χ0n) is 18.1. The van der Waals surface area contributed by atoms with Crippen molar-refractivity contribution in [3.05, 3.63) is 66.6 Å². The number of amides is 1. The molecule has 33 heavy (non-hydrogen) atoms. The summed E-state index contributed by atoms with van der Waals surface area (Å²) in [6, 6.07) is 18.8. The Kier molecular flexibility index (Phi) is 5.40. The maximum absolute atomic E-state index is 12.6. The number of hydrogen-bond acceptors (Lipinski definition) is 7. The van der Waals surface area contributed by atoms with E-state index in [1.165, 1.54) is 0 Å². The van der Waals surface area contributed by atoms with E-state index < -0.39 is 0 Å². The number of rotatable bonds is 7. The van der Waals surface area contributed by atoms with E-state index in [9.17, 15) is 4.79 Å². The summed E-state index contributed by atoms with van der Waals surface area (Å²) in [4.78, 5) is 17.0. The first-order chi connectivity index (χ1) is 16.1. The van der Waals surface area contributed by atoms with Crippen molar-refractivity contribution >= 4 is 33.5 Å². The van der Waals surface area contributed by atoms with Gasteiger partial charge in [-0.3, -0.25) is 4.79 Å². The SMILES string of the molecule is COc1ccc(-c2noc(CCC(=O)Nc3cc4oc5ccccc5c4cc3OC)n2)cc1. The molecule has 1 amide bonds. The average Bonchev–Trinajstić information content (AvgIpc) is 3.46. The number of anilines is 1. The molecule has 5 aromatic rings. The summed E-state index contributed by atoms with van der Waals surface area (Å²) in [7, 11) is 3.18. The van der Waals surface area contributed by atoms with Crippen LogP contribution in [0.5, 0.6) is 11.5 Å². The molecular weight excluding hydrogens is 422 g/mol. The normalized spacial score (nSPS) is 11.1. The molecule has 166 valence electrons. The lowest BCUT2D eigenvalue weighted by Crippen LogP contribution is -2.13. The topological polar surface area (TPSA) is 99.6 Å². The van der Waals surface area contributed by atoms with Crippen molar-refractivity contribution in [2.75, 3.05) is 19.5 Å². The maximum atomic E-state index is 12.6. The second-order valence-corrected chi connectivity index (χ2v) is 7.44. The third-order valence-electron chi connectivity index (χ3n) is 5.36. The quantitative estimate of drug-likeness (QED) is 0.368. The third kappa shape index (κ3) is 4.10. The Morgan fingerprint density at radius 2 is 1.79 bits per heavy atom. The summed E-state index contributed by atoms with van der Waals surface area (Å²) < 4.78 is 21.9. The van der Waals surface area contributed by atoms with Gasteiger partial charge < -0.3 is 23.7 Å². The fourth-order valence-electron chi connectivity index (χ4n) is 3.66. The molecule has 0 radical (unpaired) electrons. The minimum Gasteiger partial charge on any atom is -0.497 e. The van der Waals surface area contributed by atoms with Gasteiger partial charge in [-0.15, -0.1) is 0 Å². The number of fused-ring (bicyclic) bond motifs is 3. The van der Waals surface area contributed by atoms with Crippen molar-refractivity contribution in [1.29, 1.82) is 0 Å². The number of carbonyl (C=O) groups excluding carboxylic acids is 1. The second-order valence-electron chi connectivity index (χ2n) is 7.44. The highest BCUT2D eigenvalue weighted by Gasteiger charge is 2.15. The number of methoxy groups -OCH3 is 2. The fraction of sp³-hybridized carbons (Fsp3) is 0.160. The van der Waals surface area contributed by atoms with Crippen LogP contribution in [0.15, 0.2) is 69.6 Å². The van der Waals surface area contributed by atoms with E-state index in [-0.39, 0.29) is 12.3 Å². The van der Waals surface area contributed by atoms with E-state index in [1.807, 2.05) is 54.6 Å². The summed E-state index contributed by atoms with van der Waals surface area (Å²) in [5.41, 5.74) is 2.80. The van der Waals surface area contributed by atoms with Crippen molar-refractivity contribution in [2.24, 2.45) is 0 Å². The predicted molar refractivity (Wildman–Crippen MR) is 124 cm³/mol. The molecule has 1 N–H and O–H groups in total. The Hall–Kier alpha value is -4.33. The van der Waals surface area contributed by atoms with Gasteiger partial charge in [0.1, 0.15) is 22.7 Å². The van der Waals surface area contributed by atoms with E-state index in [1.54, 1.807) is 20.3 Å². The van der Waals surface area contributed by atoms with Gasteiger partial charge in [-0.05, 0) is 36.4 Å². The molecule has 0 aliphatic heterocycles. The standard InChI is InChI=1S/C25H21N3O5/c1-30-16-9-7-15(8-10-16)25-27-24(33-28-25)12-11-23(29)26-19-14-21-18(13-22(19)31-2)17-5-3-4-6-20(17)32-21/h3-10,13-14H,11-12H2,1-2H3,(H,26,29). The molecule has 8 nitrogen and oxygen atoms in total. The first kappa shape index (κ1) is 20.6. The first-order valence-corrected chi connectivity index (χ1v) is 10.4. The Balaban J connectivity index is 1.28. The largest absolute Gasteiger partial charge is 0.497 e. The molecule has 8 heteroatoms. The Labute approximate surface area is 189 Å². The summed E-state index contributed by atoms with van der Waals surface area (Å²) >= 11 is 0. The van der Waals surface area contributed by atoms with Crippen molar-refractivity contribution in [2.45, 2.75) is 12.8 Å². The van der Waals surface area contributed by atoms with Crippen LogP contribution in [0.4, 0.5) is 5.69 Å². The minimum absolute atomic E-state index is 0.172. The maximum Gasteiger partial charge on any atom is 0.227 e. The highest BCUT2D eigenvalue weighted by atomic mass is 16.5. The molecular formula is C25H21N3O5. The molecule has 5 rings (SSSR count). The summed E-state index contributed by atoms with van der Waals surface area (Å²) in [5.74, 6) is 1.95. The molecule has 0 saturated heterocycles. The number of furan rings is 1. The number of aryl methyl sites for hydroxylation is 1. The van der Waals surface area contributed by atoms with Gasteiger partial charge in [-0.2, -0.15) is 4.98 Å². The summed E-state index contributed by atoms with van der Waals surface area (Å²) in [5, 5.41) is 8.81. The Morgan fingerprint density at radius 1 is 0.970 bits per heavy atom. The van der Waals surface area contributed by atoms with Crippen LogP contribution in [-0.2, 0) is 11.2 Å². The van der Waals surface area contributed by atoms with Crippen LogP contribution < -0.4 is 14.8 Å². The first-order valence-electron chi connectivity index (χ1n) is 10.4. The van der Waals surface area contributed by atoms with E-state index >= 15 is 0 Å². The Morgan fingerprint density at radius 3 is 2.58 bits per heavy atom. The fourth-order valence-corrected chi connectivity index (χ4v) is 3.66. The molecule has 2 aromatic heterocycles. The molecule has 0 bridgehead atoms. The van der Waals surface area contributed by atoms with E-state index in [0.717, 1.165) is 27.7 Å². The lowest BCUT2D eigenvalue weighted by Gasteiger charge is -2.10. The molecule has 3 aromatic carbocycles. The summed E-state index contributed by atoms with van der Waals surface area (Å²) in [6.45, 7) is 0. The predicted octanol–water partition coefficient (Wildman–Crippen LogP) is 5.22. The van der Waals surface area contributed by atoms with E-state index in [2.05, 4.69) is 15.5 Å². The van der Waals surface area contributed by atoms with Crippen LogP contribution in [0.2, 0.25) is 0 Å². The van der Waals surface area contributed by atoms with Gasteiger partial charge in [-0.25, -0.2) is 0 Å². The van der Waals surface area contributed by atoms with Crippen molar-refractivity contribution in [1.82, 2.24) is 10.1 Å². The van der Waals surface area contributed by atoms with Crippen molar-refractivity contribution < 1.29 is 23.2 Å². The number of nitrogens with one attached hydrogen (secondary N) is 1. The van der Waals surface area contributed by atoms with Crippen LogP contribution in [0.1, 0.15) is 12.3 Å². The number of nitrogens with zero attached hydrogens (tertiary/aromatic N) is 2. The molecule has 2 heterocycles. The van der Waals surface area contributed by atoms with Crippen LogP contribution in [0, 0.1) is 0 Å². The molecule has 0 aliphatic rings. The van der Waals surface area contributed by atoms with Gasteiger partial charge in [0.15, 0.2) is 0 Å². The average molecular weight is 443 g/mol. The van der Waals surface area contributed by atoms with Crippen LogP contribution >= 0.6 is 0 Å². The summed E-state index contributed by atoms with van der Waals surface area (Å²) in [6.07, 6.45) is 0.482. The van der Waals surface area contributed by atoms with E-state index in [4.69, 9.17) is 18.4 Å². The number of hydrogen-bond donors (Lipinski definition) is 1. The lowest BCUT2D eigenvalue weighted by atomic mass is 10.1. The van der Waals surface area contributed by atoms with Gasteiger partial charge in [0.2, 0.25) is 17.6 Å². The number of para-hydroxylation sites is 1. The Bertz CT molecular complexity index is 1440. The molecule has 0 saturated carbocycles. The number of carbonyl (C=O) groups is 1. The molecule has 0 spiro atoms. The van der Waals surface area contributed by atoms with Gasteiger partial charge >= 0.3 is 0 Å². The minimum atomic E-state index is -0.201. The van der Waals surface area contributed by atoms with Gasteiger partial charge in [0.25, 0.3) is 0 Å². The van der Waals surface area contributed by atoms with Crippen LogP contribution in [-0.4, -0.2) is 30.3 Å². The van der Waals surface area contributed by atoms with E-state index in [0.29, 0.717) is 35.2 Å². The monoisotopic (exact) mass is 443 g/mol. The molecule has 0 atom stereocenters.